The third-order valence-electron chi connectivity index (χ3n) is 2.80. The van der Waals surface area contributed by atoms with Gasteiger partial charge in [-0.2, -0.15) is 0 Å². The van der Waals surface area contributed by atoms with Gasteiger partial charge in [-0.3, -0.25) is 10.1 Å². The molecule has 0 aliphatic carbocycles. The molecule has 2 rings (SSSR count). The van der Waals surface area contributed by atoms with Gasteiger partial charge in [0.25, 0.3) is 5.69 Å². The van der Waals surface area contributed by atoms with E-state index >= 15 is 0 Å². The highest BCUT2D eigenvalue weighted by molar-refractivity contribution is 5.62. The molecule has 0 atom stereocenters. The quantitative estimate of drug-likeness (QED) is 0.644. The number of nitro groups is 2. The minimum absolute atomic E-state index is 0.0241. The van der Waals surface area contributed by atoms with Gasteiger partial charge in [-0.1, -0.05) is 6.07 Å². The molecule has 1 N–H and O–H groups in total. The van der Waals surface area contributed by atoms with Crippen molar-refractivity contribution in [2.24, 2.45) is 0 Å². The standard InChI is InChI=1S/C12H13N5O4/c1-2-13-10-4-3-9(5-11(10)16(18)19)6-15-7-12(14-8-15)17(20)21/h3-5,7-8,13H,2,6H2,1H3. The predicted molar refractivity (Wildman–Crippen MR) is 75.2 cm³/mol. The molecule has 0 bridgehead atoms. The van der Waals surface area contributed by atoms with Gasteiger partial charge >= 0.3 is 5.82 Å². The van der Waals surface area contributed by atoms with E-state index in [4.69, 9.17) is 0 Å². The van der Waals surface area contributed by atoms with Crippen molar-refractivity contribution >= 4 is 17.2 Å². The zero-order valence-corrected chi connectivity index (χ0v) is 11.2. The molecule has 0 aliphatic heterocycles. The van der Waals surface area contributed by atoms with Crippen molar-refractivity contribution in [1.82, 2.24) is 9.55 Å². The molecule has 9 nitrogen and oxygen atoms in total. The largest absolute Gasteiger partial charge is 0.381 e. The highest BCUT2D eigenvalue weighted by atomic mass is 16.6. The second kappa shape index (κ2) is 5.99. The Hall–Kier alpha value is -2.97. The van der Waals surface area contributed by atoms with Crippen molar-refractivity contribution < 1.29 is 9.85 Å². The number of imidazole rings is 1. The number of nitro benzene ring substituents is 1. The Morgan fingerprint density at radius 3 is 2.62 bits per heavy atom. The highest BCUT2D eigenvalue weighted by Crippen LogP contribution is 2.26. The zero-order valence-electron chi connectivity index (χ0n) is 11.2. The predicted octanol–water partition coefficient (Wildman–Crippen LogP) is 2.18. The van der Waals surface area contributed by atoms with Crippen LogP contribution in [-0.2, 0) is 6.54 Å². The third-order valence-corrected chi connectivity index (χ3v) is 2.80. The molecular weight excluding hydrogens is 278 g/mol. The summed E-state index contributed by atoms with van der Waals surface area (Å²) in [5.74, 6) is -0.256. The fourth-order valence-electron chi connectivity index (χ4n) is 1.91. The first-order chi connectivity index (χ1) is 10.0. The van der Waals surface area contributed by atoms with E-state index in [0.29, 0.717) is 17.8 Å². The van der Waals surface area contributed by atoms with Gasteiger partial charge in [0.1, 0.15) is 11.9 Å². The van der Waals surface area contributed by atoms with E-state index in [1.54, 1.807) is 12.1 Å². The molecule has 0 spiro atoms. The Kier molecular flexibility index (Phi) is 4.12. The first-order valence-corrected chi connectivity index (χ1v) is 6.18. The van der Waals surface area contributed by atoms with Crippen molar-refractivity contribution in [2.45, 2.75) is 13.5 Å². The molecule has 9 heteroatoms. The van der Waals surface area contributed by atoms with E-state index in [2.05, 4.69) is 10.3 Å². The second-order valence-electron chi connectivity index (χ2n) is 4.30. The lowest BCUT2D eigenvalue weighted by Gasteiger charge is -2.07. The number of aromatic nitrogens is 2. The molecule has 0 radical (unpaired) electrons. The van der Waals surface area contributed by atoms with Crippen LogP contribution in [0.15, 0.2) is 30.7 Å². The summed E-state index contributed by atoms with van der Waals surface area (Å²) in [6.07, 6.45) is 2.60. The van der Waals surface area contributed by atoms with E-state index in [1.165, 1.54) is 23.2 Å². The van der Waals surface area contributed by atoms with Gasteiger partial charge in [-0.15, -0.1) is 0 Å². The van der Waals surface area contributed by atoms with E-state index in [0.717, 1.165) is 0 Å². The van der Waals surface area contributed by atoms with Crippen molar-refractivity contribution in [1.29, 1.82) is 0 Å². The summed E-state index contributed by atoms with van der Waals surface area (Å²) in [7, 11) is 0. The van der Waals surface area contributed by atoms with Gasteiger partial charge in [0.15, 0.2) is 0 Å². The number of hydrogen-bond acceptors (Lipinski definition) is 6. The van der Waals surface area contributed by atoms with Crippen molar-refractivity contribution in [2.75, 3.05) is 11.9 Å². The number of hydrogen-bond donors (Lipinski definition) is 1. The zero-order chi connectivity index (χ0) is 15.4. The Labute approximate surface area is 119 Å². The van der Waals surface area contributed by atoms with E-state index in [-0.39, 0.29) is 18.1 Å². The lowest BCUT2D eigenvalue weighted by molar-refractivity contribution is -0.389. The normalized spacial score (nSPS) is 10.3. The number of nitrogens with one attached hydrogen (secondary N) is 1. The van der Waals surface area contributed by atoms with E-state index in [9.17, 15) is 20.2 Å². The maximum atomic E-state index is 11.1. The Morgan fingerprint density at radius 2 is 2.05 bits per heavy atom. The molecule has 1 heterocycles. The first kappa shape index (κ1) is 14.4. The van der Waals surface area contributed by atoms with Crippen LogP contribution in [0.4, 0.5) is 17.2 Å². The average Bonchev–Trinajstić information content (AvgIpc) is 2.89. The minimum atomic E-state index is -0.590. The molecule has 2 aromatic rings. The van der Waals surface area contributed by atoms with Gasteiger partial charge in [0.2, 0.25) is 6.33 Å². The molecule has 110 valence electrons. The molecule has 0 amide bonds. The van der Waals surface area contributed by atoms with Gasteiger partial charge in [-0.05, 0) is 28.5 Å². The van der Waals surface area contributed by atoms with Crippen LogP contribution >= 0.6 is 0 Å². The monoisotopic (exact) mass is 291 g/mol. The molecular formula is C12H13N5O4. The van der Waals surface area contributed by atoms with E-state index < -0.39 is 9.85 Å². The lowest BCUT2D eigenvalue weighted by atomic mass is 10.1. The summed E-state index contributed by atoms with van der Waals surface area (Å²) in [6, 6.07) is 4.81. The molecule has 0 saturated heterocycles. The second-order valence-corrected chi connectivity index (χ2v) is 4.30. The molecule has 21 heavy (non-hydrogen) atoms. The van der Waals surface area contributed by atoms with Gasteiger partial charge in [0, 0.05) is 12.6 Å². The Bertz CT molecular complexity index is 682. The van der Waals surface area contributed by atoms with Crippen LogP contribution < -0.4 is 5.32 Å². The average molecular weight is 291 g/mol. The van der Waals surface area contributed by atoms with Crippen LogP contribution in [0.5, 0.6) is 0 Å². The van der Waals surface area contributed by atoms with Crippen LogP contribution in [-0.4, -0.2) is 25.9 Å². The van der Waals surface area contributed by atoms with Crippen molar-refractivity contribution in [3.05, 3.63) is 56.5 Å². The summed E-state index contributed by atoms with van der Waals surface area (Å²) >= 11 is 0. The Morgan fingerprint density at radius 1 is 1.29 bits per heavy atom. The van der Waals surface area contributed by atoms with E-state index in [1.807, 2.05) is 6.92 Å². The van der Waals surface area contributed by atoms with Gasteiger partial charge in [0.05, 0.1) is 11.5 Å². The summed E-state index contributed by atoms with van der Waals surface area (Å²) in [4.78, 5) is 24.2. The molecule has 1 aromatic carbocycles. The van der Waals surface area contributed by atoms with Crippen LogP contribution in [0.25, 0.3) is 0 Å². The highest BCUT2D eigenvalue weighted by Gasteiger charge is 2.15. The summed E-state index contributed by atoms with van der Waals surface area (Å²) < 4.78 is 1.50. The van der Waals surface area contributed by atoms with Crippen LogP contribution in [0.2, 0.25) is 0 Å². The smallest absolute Gasteiger partial charge is 0.380 e. The Balaban J connectivity index is 2.25. The number of nitrogens with zero attached hydrogens (tertiary/aromatic N) is 4. The molecule has 1 aromatic heterocycles. The SMILES string of the molecule is CCNc1ccc(Cn2cnc([N+](=O)[O-])c2)cc1[N+](=O)[O-]. The van der Waals surface area contributed by atoms with Gasteiger partial charge < -0.3 is 20.0 Å². The topological polar surface area (TPSA) is 116 Å². The van der Waals surface area contributed by atoms with Crippen molar-refractivity contribution in [3.8, 4) is 0 Å². The molecule has 0 unspecified atom stereocenters. The van der Waals surface area contributed by atoms with Crippen LogP contribution in [0, 0.1) is 20.2 Å². The van der Waals surface area contributed by atoms with Crippen LogP contribution in [0.3, 0.4) is 0 Å². The maximum Gasteiger partial charge on any atom is 0.381 e. The van der Waals surface area contributed by atoms with Crippen molar-refractivity contribution in [3.63, 3.8) is 0 Å². The molecule has 0 saturated carbocycles. The fraction of sp³-hybridized carbons (Fsp3) is 0.250. The molecule has 0 fully saturated rings. The summed E-state index contributed by atoms with van der Waals surface area (Å²) in [6.45, 7) is 2.70. The third kappa shape index (κ3) is 3.32. The maximum absolute atomic E-state index is 11.1. The number of benzene rings is 1. The van der Waals surface area contributed by atoms with Crippen LogP contribution in [0.1, 0.15) is 12.5 Å². The number of rotatable bonds is 6. The first-order valence-electron chi connectivity index (χ1n) is 6.18. The summed E-state index contributed by atoms with van der Waals surface area (Å²) in [5, 5.41) is 24.5. The fourth-order valence-corrected chi connectivity index (χ4v) is 1.91. The minimum Gasteiger partial charge on any atom is -0.380 e. The van der Waals surface area contributed by atoms with Gasteiger partial charge in [-0.25, -0.2) is 0 Å². The lowest BCUT2D eigenvalue weighted by Crippen LogP contribution is -2.03. The molecule has 0 aliphatic rings. The summed E-state index contributed by atoms with van der Waals surface area (Å²) in [5.41, 5.74) is 1.09. The number of anilines is 1.